The fraction of sp³-hybridized carbons (Fsp3) is 0.526. The molecule has 2 rings (SSSR count). The van der Waals surface area contributed by atoms with Gasteiger partial charge in [0.25, 0.3) is 0 Å². The minimum atomic E-state index is -0.0798. The highest BCUT2D eigenvalue weighted by Crippen LogP contribution is 2.07. The molecule has 0 radical (unpaired) electrons. The molecule has 1 aliphatic heterocycles. The largest absolute Gasteiger partial charge is 0.383 e. The van der Waals surface area contributed by atoms with Crippen LogP contribution in [0, 0.1) is 0 Å². The van der Waals surface area contributed by atoms with E-state index in [0.29, 0.717) is 13.2 Å². The van der Waals surface area contributed by atoms with E-state index in [1.165, 1.54) is 5.56 Å². The maximum atomic E-state index is 12.1. The maximum absolute atomic E-state index is 12.1. The Hall–Kier alpha value is -1.69. The summed E-state index contributed by atoms with van der Waals surface area (Å²) in [5, 5.41) is 2.91. The average Bonchev–Trinajstić information content (AvgIpc) is 2.63. The zero-order valence-electron chi connectivity index (χ0n) is 14.8. The Morgan fingerprint density at radius 1 is 1.25 bits per heavy atom. The van der Waals surface area contributed by atoms with Gasteiger partial charge in [0.2, 0.25) is 5.91 Å². The van der Waals surface area contributed by atoms with Gasteiger partial charge in [-0.2, -0.15) is 0 Å². The quantitative estimate of drug-likeness (QED) is 0.733. The third-order valence-electron chi connectivity index (χ3n) is 4.41. The van der Waals surface area contributed by atoms with E-state index in [4.69, 9.17) is 4.74 Å². The molecule has 1 saturated heterocycles. The molecule has 1 N–H and O–H groups in total. The molecule has 0 aliphatic carbocycles. The van der Waals surface area contributed by atoms with E-state index in [2.05, 4.69) is 51.5 Å². The van der Waals surface area contributed by atoms with Crippen LogP contribution in [0.2, 0.25) is 0 Å². The number of amides is 1. The van der Waals surface area contributed by atoms with Gasteiger partial charge in [-0.25, -0.2) is 0 Å². The molecule has 0 saturated carbocycles. The predicted octanol–water partition coefficient (Wildman–Crippen LogP) is 1.47. The number of methoxy groups -OCH3 is 1. The van der Waals surface area contributed by atoms with Crippen LogP contribution in [0.1, 0.15) is 12.5 Å². The molecule has 0 bridgehead atoms. The first-order valence-electron chi connectivity index (χ1n) is 8.65. The second kappa shape index (κ2) is 10.2. The van der Waals surface area contributed by atoms with Gasteiger partial charge < -0.3 is 10.1 Å². The highest BCUT2D eigenvalue weighted by Gasteiger charge is 2.24. The van der Waals surface area contributed by atoms with Gasteiger partial charge in [-0.3, -0.25) is 14.6 Å². The number of benzene rings is 1. The number of carbonyl (C=O) groups is 1. The fourth-order valence-electron chi connectivity index (χ4n) is 2.83. The van der Waals surface area contributed by atoms with Crippen LogP contribution in [0.3, 0.4) is 0 Å². The molecule has 0 aromatic heterocycles. The molecular weight excluding hydrogens is 302 g/mol. The maximum Gasteiger partial charge on any atom is 0.237 e. The average molecular weight is 331 g/mol. The van der Waals surface area contributed by atoms with Crippen molar-refractivity contribution in [2.75, 3.05) is 53.0 Å². The summed E-state index contributed by atoms with van der Waals surface area (Å²) in [4.78, 5) is 16.8. The highest BCUT2D eigenvalue weighted by molar-refractivity contribution is 5.81. The van der Waals surface area contributed by atoms with Crippen LogP contribution in [0.4, 0.5) is 0 Å². The minimum Gasteiger partial charge on any atom is -0.383 e. The Morgan fingerprint density at radius 2 is 1.96 bits per heavy atom. The first kappa shape index (κ1) is 18.6. The minimum absolute atomic E-state index is 0.0798. The second-order valence-corrected chi connectivity index (χ2v) is 6.11. The predicted molar refractivity (Wildman–Crippen MR) is 97.8 cm³/mol. The number of piperazine rings is 1. The van der Waals surface area contributed by atoms with Crippen molar-refractivity contribution in [3.05, 3.63) is 42.0 Å². The van der Waals surface area contributed by atoms with E-state index < -0.39 is 0 Å². The summed E-state index contributed by atoms with van der Waals surface area (Å²) >= 11 is 0. The number of nitrogens with zero attached hydrogens (tertiary/aromatic N) is 2. The lowest BCUT2D eigenvalue weighted by Crippen LogP contribution is -2.54. The summed E-state index contributed by atoms with van der Waals surface area (Å²) in [6.45, 7) is 7.91. The standard InChI is InChI=1S/C19H29N3O2/c1-17(19(23)20-10-16-24-2)22-14-12-21(13-15-22)11-6-9-18-7-4-3-5-8-18/h3-9,17H,10-16H2,1-2H3,(H,20,23)/b9-6+/t17-/m1/s1. The normalized spacial score (nSPS) is 17.9. The van der Waals surface area contributed by atoms with Crippen molar-refractivity contribution >= 4 is 12.0 Å². The van der Waals surface area contributed by atoms with E-state index in [1.807, 2.05) is 13.0 Å². The topological polar surface area (TPSA) is 44.8 Å². The van der Waals surface area contributed by atoms with Gasteiger partial charge in [0.05, 0.1) is 12.6 Å². The Kier molecular flexibility index (Phi) is 7.95. The van der Waals surface area contributed by atoms with Gasteiger partial charge in [0, 0.05) is 46.4 Å². The molecule has 1 aliphatic rings. The van der Waals surface area contributed by atoms with E-state index in [1.54, 1.807) is 7.11 Å². The number of rotatable bonds is 8. The molecule has 1 aromatic rings. The van der Waals surface area contributed by atoms with Crippen LogP contribution in [0.25, 0.3) is 6.08 Å². The number of hydrogen-bond acceptors (Lipinski definition) is 4. The van der Waals surface area contributed by atoms with E-state index in [0.717, 1.165) is 32.7 Å². The van der Waals surface area contributed by atoms with Gasteiger partial charge in [0.15, 0.2) is 0 Å². The number of ether oxygens (including phenoxy) is 1. The fourth-order valence-corrected chi connectivity index (χ4v) is 2.83. The highest BCUT2D eigenvalue weighted by atomic mass is 16.5. The molecule has 1 aromatic carbocycles. The Bertz CT molecular complexity index is 511. The zero-order chi connectivity index (χ0) is 17.2. The van der Waals surface area contributed by atoms with Crippen LogP contribution in [0.5, 0.6) is 0 Å². The number of nitrogens with one attached hydrogen (secondary N) is 1. The molecule has 1 fully saturated rings. The van der Waals surface area contributed by atoms with Crippen LogP contribution in [-0.2, 0) is 9.53 Å². The number of hydrogen-bond donors (Lipinski definition) is 1. The van der Waals surface area contributed by atoms with Crippen molar-refractivity contribution < 1.29 is 9.53 Å². The Balaban J connectivity index is 1.69. The lowest BCUT2D eigenvalue weighted by atomic mass is 10.2. The van der Waals surface area contributed by atoms with Gasteiger partial charge in [-0.05, 0) is 12.5 Å². The third kappa shape index (κ3) is 6.07. The summed E-state index contributed by atoms with van der Waals surface area (Å²) < 4.78 is 4.96. The number of carbonyl (C=O) groups excluding carboxylic acids is 1. The molecule has 132 valence electrons. The lowest BCUT2D eigenvalue weighted by Gasteiger charge is -2.37. The van der Waals surface area contributed by atoms with Crippen molar-refractivity contribution in [1.82, 2.24) is 15.1 Å². The summed E-state index contributed by atoms with van der Waals surface area (Å²) in [6, 6.07) is 10.3. The summed E-state index contributed by atoms with van der Waals surface area (Å²) in [5.41, 5.74) is 1.23. The molecule has 0 spiro atoms. The summed E-state index contributed by atoms with van der Waals surface area (Å²) in [6.07, 6.45) is 4.38. The van der Waals surface area contributed by atoms with Crippen LogP contribution in [-0.4, -0.2) is 74.7 Å². The monoisotopic (exact) mass is 331 g/mol. The first-order chi connectivity index (χ1) is 11.7. The van der Waals surface area contributed by atoms with Gasteiger partial charge >= 0.3 is 0 Å². The molecule has 24 heavy (non-hydrogen) atoms. The van der Waals surface area contributed by atoms with Crippen molar-refractivity contribution in [3.63, 3.8) is 0 Å². The van der Waals surface area contributed by atoms with E-state index >= 15 is 0 Å². The van der Waals surface area contributed by atoms with Gasteiger partial charge in [-0.15, -0.1) is 0 Å². The SMILES string of the molecule is COCCNC(=O)[C@@H](C)N1CCN(C/C=C/c2ccccc2)CC1. The van der Waals surface area contributed by atoms with Crippen molar-refractivity contribution in [2.24, 2.45) is 0 Å². The molecule has 0 unspecified atom stereocenters. The van der Waals surface area contributed by atoms with Gasteiger partial charge in [-0.1, -0.05) is 42.5 Å². The Morgan fingerprint density at radius 3 is 2.62 bits per heavy atom. The van der Waals surface area contributed by atoms with Crippen molar-refractivity contribution in [3.8, 4) is 0 Å². The molecular formula is C19H29N3O2. The molecule has 1 atom stereocenters. The van der Waals surface area contributed by atoms with Crippen molar-refractivity contribution in [1.29, 1.82) is 0 Å². The summed E-state index contributed by atoms with van der Waals surface area (Å²) in [7, 11) is 1.64. The zero-order valence-corrected chi connectivity index (χ0v) is 14.8. The molecule has 1 heterocycles. The van der Waals surface area contributed by atoms with Crippen LogP contribution in [0.15, 0.2) is 36.4 Å². The van der Waals surface area contributed by atoms with Gasteiger partial charge in [0.1, 0.15) is 0 Å². The smallest absolute Gasteiger partial charge is 0.237 e. The Labute approximate surface area is 145 Å². The molecule has 1 amide bonds. The lowest BCUT2D eigenvalue weighted by molar-refractivity contribution is -0.126. The van der Waals surface area contributed by atoms with Crippen molar-refractivity contribution in [2.45, 2.75) is 13.0 Å². The molecule has 5 heteroatoms. The van der Waals surface area contributed by atoms with Crippen LogP contribution < -0.4 is 5.32 Å². The van der Waals surface area contributed by atoms with Crippen LogP contribution >= 0.6 is 0 Å². The second-order valence-electron chi connectivity index (χ2n) is 6.11. The first-order valence-corrected chi connectivity index (χ1v) is 8.65. The summed E-state index contributed by atoms with van der Waals surface area (Å²) in [5.74, 6) is 0.0875. The van der Waals surface area contributed by atoms with E-state index in [-0.39, 0.29) is 11.9 Å². The van der Waals surface area contributed by atoms with E-state index in [9.17, 15) is 4.79 Å². The molecule has 5 nitrogen and oxygen atoms in total. The third-order valence-corrected chi connectivity index (χ3v) is 4.41.